The Kier molecular flexibility index (Phi) is 4.74. The molecule has 2 rings (SSSR count). The van der Waals surface area contributed by atoms with E-state index in [-0.39, 0.29) is 6.10 Å². The summed E-state index contributed by atoms with van der Waals surface area (Å²) in [6.45, 7) is 12.2. The molecule has 0 saturated heterocycles. The maximum atomic E-state index is 5.68. The summed E-state index contributed by atoms with van der Waals surface area (Å²) in [7, 11) is 0. The van der Waals surface area contributed by atoms with E-state index in [1.54, 1.807) is 0 Å². The van der Waals surface area contributed by atoms with Gasteiger partial charge in [0.1, 0.15) is 5.75 Å². The van der Waals surface area contributed by atoms with E-state index in [1.165, 1.54) is 18.4 Å². The summed E-state index contributed by atoms with van der Waals surface area (Å²) in [6, 6.07) is 8.89. The van der Waals surface area contributed by atoms with Gasteiger partial charge in [-0.3, -0.25) is 0 Å². The monoisotopic (exact) mass is 275 g/mol. The third-order valence-corrected chi connectivity index (χ3v) is 4.63. The fourth-order valence-corrected chi connectivity index (χ4v) is 2.70. The van der Waals surface area contributed by atoms with Gasteiger partial charge in [-0.25, -0.2) is 0 Å². The quantitative estimate of drug-likeness (QED) is 0.787. The Bertz CT molecular complexity index is 418. The minimum atomic E-state index is 0.233. The topological polar surface area (TPSA) is 21.3 Å². The maximum Gasteiger partial charge on any atom is 0.119 e. The lowest BCUT2D eigenvalue weighted by molar-refractivity contribution is 0.242. The summed E-state index contributed by atoms with van der Waals surface area (Å²) in [5.41, 5.74) is 1.90. The Morgan fingerprint density at radius 3 is 2.10 bits per heavy atom. The highest BCUT2D eigenvalue weighted by Crippen LogP contribution is 2.51. The molecule has 20 heavy (non-hydrogen) atoms. The molecule has 1 aliphatic rings. The molecule has 0 aromatic heterocycles. The van der Waals surface area contributed by atoms with E-state index >= 15 is 0 Å². The predicted octanol–water partition coefficient (Wildman–Crippen LogP) is 4.56. The van der Waals surface area contributed by atoms with Gasteiger partial charge in [-0.15, -0.1) is 0 Å². The molecule has 0 aliphatic heterocycles. The van der Waals surface area contributed by atoms with Gasteiger partial charge in [0.15, 0.2) is 0 Å². The Balaban J connectivity index is 1.88. The zero-order chi connectivity index (χ0) is 14.8. The van der Waals surface area contributed by atoms with Crippen molar-refractivity contribution < 1.29 is 4.74 Å². The van der Waals surface area contributed by atoms with E-state index < -0.39 is 0 Å². The molecule has 112 valence electrons. The highest BCUT2D eigenvalue weighted by molar-refractivity contribution is 5.29. The van der Waals surface area contributed by atoms with Crippen molar-refractivity contribution in [3.8, 4) is 5.75 Å². The molecule has 1 aliphatic carbocycles. The number of nitrogens with one attached hydrogen (secondary N) is 1. The first-order chi connectivity index (χ1) is 9.43. The van der Waals surface area contributed by atoms with E-state index in [4.69, 9.17) is 4.74 Å². The number of hydrogen-bond donors (Lipinski definition) is 1. The molecule has 1 unspecified atom stereocenters. The van der Waals surface area contributed by atoms with Crippen LogP contribution in [0.15, 0.2) is 24.3 Å². The molecule has 2 heteroatoms. The molecule has 1 N–H and O–H groups in total. The van der Waals surface area contributed by atoms with E-state index in [9.17, 15) is 0 Å². The van der Waals surface area contributed by atoms with Crippen LogP contribution in [0.2, 0.25) is 0 Å². The van der Waals surface area contributed by atoms with Crippen molar-refractivity contribution in [2.75, 3.05) is 6.54 Å². The summed E-state index contributed by atoms with van der Waals surface area (Å²) in [5.74, 6) is 1.74. The van der Waals surface area contributed by atoms with Gasteiger partial charge in [0.25, 0.3) is 0 Å². The second kappa shape index (κ2) is 6.17. The van der Waals surface area contributed by atoms with Gasteiger partial charge in [0.05, 0.1) is 6.10 Å². The van der Waals surface area contributed by atoms with Crippen molar-refractivity contribution in [2.24, 2.45) is 11.3 Å². The number of benzene rings is 1. The third kappa shape index (κ3) is 3.76. The standard InChI is InChI=1S/C18H29NO/c1-13(2)18(10-11-18)12-19-15(5)16-6-8-17(9-7-16)20-14(3)4/h6-9,13-15,19H,10-12H2,1-5H3. The van der Waals surface area contributed by atoms with Gasteiger partial charge < -0.3 is 10.1 Å². The minimum absolute atomic E-state index is 0.233. The van der Waals surface area contributed by atoms with Gasteiger partial charge in [0, 0.05) is 12.6 Å². The van der Waals surface area contributed by atoms with Crippen LogP contribution in [0.3, 0.4) is 0 Å². The highest BCUT2D eigenvalue weighted by Gasteiger charge is 2.44. The number of ether oxygens (including phenoxy) is 1. The van der Waals surface area contributed by atoms with E-state index in [1.807, 2.05) is 0 Å². The first-order valence-electron chi connectivity index (χ1n) is 7.93. The third-order valence-electron chi connectivity index (χ3n) is 4.63. The Labute approximate surface area is 123 Å². The van der Waals surface area contributed by atoms with Crippen LogP contribution in [-0.2, 0) is 0 Å². The van der Waals surface area contributed by atoms with Crippen LogP contribution in [0.1, 0.15) is 59.1 Å². The molecule has 0 spiro atoms. The molecule has 1 aromatic carbocycles. The lowest BCUT2D eigenvalue weighted by Crippen LogP contribution is -2.29. The molecule has 1 saturated carbocycles. The van der Waals surface area contributed by atoms with Crippen LogP contribution >= 0.6 is 0 Å². The first-order valence-corrected chi connectivity index (χ1v) is 7.93. The van der Waals surface area contributed by atoms with Crippen molar-refractivity contribution in [3.05, 3.63) is 29.8 Å². The molecule has 1 aromatic rings. The maximum absolute atomic E-state index is 5.68. The molecule has 0 amide bonds. The van der Waals surface area contributed by atoms with E-state index in [0.29, 0.717) is 11.5 Å². The van der Waals surface area contributed by atoms with Crippen molar-refractivity contribution in [1.82, 2.24) is 5.32 Å². The average molecular weight is 275 g/mol. The predicted molar refractivity (Wildman–Crippen MR) is 85.1 cm³/mol. The normalized spacial score (nSPS) is 18.4. The second-order valence-electron chi connectivity index (χ2n) is 6.86. The summed E-state index contributed by atoms with van der Waals surface area (Å²) in [5, 5.41) is 3.70. The zero-order valence-electron chi connectivity index (χ0n) is 13.6. The molecular weight excluding hydrogens is 246 g/mol. The minimum Gasteiger partial charge on any atom is -0.491 e. The lowest BCUT2D eigenvalue weighted by Gasteiger charge is -2.23. The van der Waals surface area contributed by atoms with E-state index in [0.717, 1.165) is 18.2 Å². The van der Waals surface area contributed by atoms with Crippen LogP contribution in [0.25, 0.3) is 0 Å². The molecule has 2 nitrogen and oxygen atoms in total. The second-order valence-corrected chi connectivity index (χ2v) is 6.86. The molecule has 1 atom stereocenters. The van der Waals surface area contributed by atoms with Crippen LogP contribution in [0, 0.1) is 11.3 Å². The van der Waals surface area contributed by atoms with Crippen molar-refractivity contribution in [2.45, 2.75) is 59.6 Å². The summed E-state index contributed by atoms with van der Waals surface area (Å²) < 4.78 is 5.68. The SMILES string of the molecule is CC(C)Oc1ccc(C(C)NCC2(C(C)C)CC2)cc1. The lowest BCUT2D eigenvalue weighted by atomic mass is 9.92. The smallest absolute Gasteiger partial charge is 0.119 e. The summed E-state index contributed by atoms with van der Waals surface area (Å²) >= 11 is 0. The average Bonchev–Trinajstić information content (AvgIpc) is 3.17. The Hall–Kier alpha value is -1.02. The molecule has 1 fully saturated rings. The van der Waals surface area contributed by atoms with Crippen LogP contribution in [0.4, 0.5) is 0 Å². The van der Waals surface area contributed by atoms with Gasteiger partial charge in [-0.1, -0.05) is 26.0 Å². The van der Waals surface area contributed by atoms with Crippen molar-refractivity contribution in [1.29, 1.82) is 0 Å². The summed E-state index contributed by atoms with van der Waals surface area (Å²) in [6.07, 6.45) is 2.99. The van der Waals surface area contributed by atoms with Crippen molar-refractivity contribution in [3.63, 3.8) is 0 Å². The molecular formula is C18H29NO. The van der Waals surface area contributed by atoms with Crippen LogP contribution in [0.5, 0.6) is 5.75 Å². The van der Waals surface area contributed by atoms with Gasteiger partial charge >= 0.3 is 0 Å². The van der Waals surface area contributed by atoms with E-state index in [2.05, 4.69) is 64.2 Å². The summed E-state index contributed by atoms with van der Waals surface area (Å²) in [4.78, 5) is 0. The van der Waals surface area contributed by atoms with Crippen LogP contribution in [-0.4, -0.2) is 12.6 Å². The number of rotatable bonds is 7. The van der Waals surface area contributed by atoms with Gasteiger partial charge in [-0.05, 0) is 62.6 Å². The zero-order valence-corrected chi connectivity index (χ0v) is 13.6. The molecule has 0 radical (unpaired) electrons. The fourth-order valence-electron chi connectivity index (χ4n) is 2.70. The molecule has 0 bridgehead atoms. The number of hydrogen-bond acceptors (Lipinski definition) is 2. The first kappa shape index (κ1) is 15.4. The largest absolute Gasteiger partial charge is 0.491 e. The fraction of sp³-hybridized carbons (Fsp3) is 0.667. The molecule has 0 heterocycles. The van der Waals surface area contributed by atoms with Gasteiger partial charge in [-0.2, -0.15) is 0 Å². The highest BCUT2D eigenvalue weighted by atomic mass is 16.5. The van der Waals surface area contributed by atoms with Crippen molar-refractivity contribution >= 4 is 0 Å². The Morgan fingerprint density at radius 1 is 1.05 bits per heavy atom. The van der Waals surface area contributed by atoms with Crippen LogP contribution < -0.4 is 10.1 Å². The van der Waals surface area contributed by atoms with Gasteiger partial charge in [0.2, 0.25) is 0 Å². The Morgan fingerprint density at radius 2 is 1.65 bits per heavy atom.